The molecule has 28 heavy (non-hydrogen) atoms. The minimum Gasteiger partial charge on any atom is -0.427 e. The van der Waals surface area contributed by atoms with Gasteiger partial charge in [0.25, 0.3) is 0 Å². The Morgan fingerprint density at radius 3 is 2.36 bits per heavy atom. The molecule has 4 rings (SSSR count). The summed E-state index contributed by atoms with van der Waals surface area (Å²) in [5, 5.41) is 1.06. The minimum absolute atomic E-state index is 0.319. The summed E-state index contributed by atoms with van der Waals surface area (Å²) in [6.45, 7) is 3.41. The van der Waals surface area contributed by atoms with Gasteiger partial charge in [-0.1, -0.05) is 36.4 Å². The highest BCUT2D eigenvalue weighted by atomic mass is 32.1. The van der Waals surface area contributed by atoms with Crippen molar-refractivity contribution in [2.75, 3.05) is 0 Å². The number of fused-ring (bicyclic) bond motifs is 1. The van der Waals surface area contributed by atoms with E-state index in [0.29, 0.717) is 5.75 Å². The van der Waals surface area contributed by atoms with E-state index in [9.17, 15) is 4.79 Å². The third-order valence-electron chi connectivity index (χ3n) is 4.20. The molecule has 0 aliphatic carbocycles. The average Bonchev–Trinajstić information content (AvgIpc) is 3.06. The Hall–Kier alpha value is -3.31. The van der Waals surface area contributed by atoms with E-state index in [-0.39, 0.29) is 5.97 Å². The number of esters is 1. The van der Waals surface area contributed by atoms with E-state index in [4.69, 9.17) is 4.74 Å². The molecule has 0 amide bonds. The van der Waals surface area contributed by atoms with Crippen LogP contribution in [0.25, 0.3) is 21.3 Å². The van der Waals surface area contributed by atoms with Gasteiger partial charge in [0.2, 0.25) is 0 Å². The summed E-state index contributed by atoms with van der Waals surface area (Å²) >= 11 is 1.68. The predicted octanol–water partition coefficient (Wildman–Crippen LogP) is 5.95. The summed E-state index contributed by atoms with van der Waals surface area (Å²) in [6.07, 6.45) is 1.86. The Bertz CT molecular complexity index is 1160. The molecular formula is C23H18N2O2S. The fraction of sp³-hybridized carbons (Fsp3) is 0.0870. The van der Waals surface area contributed by atoms with Crippen molar-refractivity contribution >= 4 is 39.4 Å². The molecular weight excluding hydrogens is 368 g/mol. The molecule has 0 unspecified atom stereocenters. The van der Waals surface area contributed by atoms with Crippen molar-refractivity contribution in [2.24, 2.45) is 4.99 Å². The first-order valence-electron chi connectivity index (χ1n) is 8.87. The highest BCUT2D eigenvalue weighted by molar-refractivity contribution is 7.18. The Morgan fingerprint density at radius 1 is 1.00 bits per heavy atom. The molecule has 1 heterocycles. The highest BCUT2D eigenvalue weighted by Crippen LogP contribution is 2.26. The second-order valence-corrected chi connectivity index (χ2v) is 7.62. The molecule has 0 saturated heterocycles. The molecule has 4 aromatic rings. The van der Waals surface area contributed by atoms with Crippen LogP contribution in [0.5, 0.6) is 5.75 Å². The van der Waals surface area contributed by atoms with Gasteiger partial charge in [0, 0.05) is 13.1 Å². The zero-order valence-electron chi connectivity index (χ0n) is 15.5. The Morgan fingerprint density at radius 2 is 1.68 bits per heavy atom. The van der Waals surface area contributed by atoms with E-state index < -0.39 is 0 Å². The number of carbonyl (C=O) groups excluding carboxylic acids is 1. The zero-order valence-corrected chi connectivity index (χ0v) is 16.4. The lowest BCUT2D eigenvalue weighted by Gasteiger charge is -2.05. The molecule has 3 aromatic carbocycles. The highest BCUT2D eigenvalue weighted by Gasteiger charge is 2.02. The normalized spacial score (nSPS) is 11.2. The molecule has 0 aliphatic heterocycles. The molecule has 5 heteroatoms. The standard InChI is InChI=1S/C23H18N2O2S/c1-15-25-22-12-9-20(13-23(22)28-15)24-14-17-3-5-18(6-4-17)19-7-10-21(11-8-19)27-16(2)26/h3-14H,1-2H3. The molecule has 0 fully saturated rings. The number of carbonyl (C=O) groups is 1. The van der Waals surface area contributed by atoms with Crippen LogP contribution < -0.4 is 4.74 Å². The number of thiazole rings is 1. The molecule has 0 saturated carbocycles. The van der Waals surface area contributed by atoms with Crippen LogP contribution in [0.4, 0.5) is 5.69 Å². The quantitative estimate of drug-likeness (QED) is 0.247. The van der Waals surface area contributed by atoms with Crippen LogP contribution in [0.3, 0.4) is 0 Å². The smallest absolute Gasteiger partial charge is 0.308 e. The third kappa shape index (κ3) is 4.15. The number of hydrogen-bond acceptors (Lipinski definition) is 5. The number of aromatic nitrogens is 1. The first-order chi connectivity index (χ1) is 13.6. The molecule has 0 atom stereocenters. The van der Waals surface area contributed by atoms with Crippen LogP contribution in [0.15, 0.2) is 71.7 Å². The second kappa shape index (κ2) is 7.74. The Balaban J connectivity index is 1.49. The maximum Gasteiger partial charge on any atom is 0.308 e. The van der Waals surface area contributed by atoms with Gasteiger partial charge in [0.15, 0.2) is 0 Å². The molecule has 1 aromatic heterocycles. The molecule has 0 radical (unpaired) electrons. The Kier molecular flexibility index (Phi) is 5.00. The first kappa shape index (κ1) is 18.1. The average molecular weight is 386 g/mol. The molecule has 138 valence electrons. The van der Waals surface area contributed by atoms with Crippen LogP contribution in [-0.4, -0.2) is 17.2 Å². The first-order valence-corrected chi connectivity index (χ1v) is 9.69. The number of ether oxygens (including phenoxy) is 1. The fourth-order valence-electron chi connectivity index (χ4n) is 2.90. The van der Waals surface area contributed by atoms with E-state index >= 15 is 0 Å². The van der Waals surface area contributed by atoms with Crippen molar-refractivity contribution in [3.05, 3.63) is 77.3 Å². The van der Waals surface area contributed by atoms with Crippen molar-refractivity contribution in [1.82, 2.24) is 4.98 Å². The lowest BCUT2D eigenvalue weighted by atomic mass is 10.0. The zero-order chi connectivity index (χ0) is 19.5. The Labute approximate surface area is 167 Å². The third-order valence-corrected chi connectivity index (χ3v) is 5.14. The number of nitrogens with zero attached hydrogens (tertiary/aromatic N) is 2. The lowest BCUT2D eigenvalue weighted by Crippen LogP contribution is -2.00. The SMILES string of the molecule is CC(=O)Oc1ccc(-c2ccc(C=Nc3ccc4nc(C)sc4c3)cc2)cc1. The molecule has 0 spiro atoms. The fourth-order valence-corrected chi connectivity index (χ4v) is 3.76. The van der Waals surface area contributed by atoms with Gasteiger partial charge >= 0.3 is 5.97 Å². The van der Waals surface area contributed by atoms with Gasteiger partial charge in [-0.2, -0.15) is 0 Å². The number of rotatable bonds is 4. The predicted molar refractivity (Wildman–Crippen MR) is 115 cm³/mol. The van der Waals surface area contributed by atoms with Crippen LogP contribution in [-0.2, 0) is 4.79 Å². The van der Waals surface area contributed by atoms with Crippen LogP contribution >= 0.6 is 11.3 Å². The van der Waals surface area contributed by atoms with Crippen molar-refractivity contribution in [1.29, 1.82) is 0 Å². The van der Waals surface area contributed by atoms with Gasteiger partial charge < -0.3 is 4.74 Å². The number of benzene rings is 3. The van der Waals surface area contributed by atoms with Gasteiger partial charge in [0.1, 0.15) is 5.75 Å². The number of hydrogen-bond donors (Lipinski definition) is 0. The maximum atomic E-state index is 11.0. The van der Waals surface area contributed by atoms with Crippen molar-refractivity contribution < 1.29 is 9.53 Å². The topological polar surface area (TPSA) is 51.5 Å². The summed E-state index contributed by atoms with van der Waals surface area (Å²) in [5.74, 6) is 0.231. The number of aliphatic imine (C=N–C) groups is 1. The van der Waals surface area contributed by atoms with E-state index in [2.05, 4.69) is 28.2 Å². The van der Waals surface area contributed by atoms with Gasteiger partial charge in [0.05, 0.1) is 20.9 Å². The maximum absolute atomic E-state index is 11.0. The van der Waals surface area contributed by atoms with Gasteiger partial charge in [-0.3, -0.25) is 9.79 Å². The van der Waals surface area contributed by atoms with Crippen molar-refractivity contribution in [3.8, 4) is 16.9 Å². The summed E-state index contributed by atoms with van der Waals surface area (Å²) in [7, 11) is 0. The lowest BCUT2D eigenvalue weighted by molar-refractivity contribution is -0.131. The van der Waals surface area contributed by atoms with E-state index in [1.54, 1.807) is 23.5 Å². The number of aryl methyl sites for hydroxylation is 1. The van der Waals surface area contributed by atoms with Crippen LogP contribution in [0.1, 0.15) is 17.5 Å². The van der Waals surface area contributed by atoms with E-state index in [0.717, 1.165) is 37.6 Å². The summed E-state index contributed by atoms with van der Waals surface area (Å²) in [6, 6.07) is 21.7. The van der Waals surface area contributed by atoms with Gasteiger partial charge in [-0.15, -0.1) is 11.3 Å². The summed E-state index contributed by atoms with van der Waals surface area (Å²) < 4.78 is 6.22. The minimum atomic E-state index is -0.319. The van der Waals surface area contributed by atoms with Crippen molar-refractivity contribution in [3.63, 3.8) is 0 Å². The molecule has 0 N–H and O–H groups in total. The molecule has 4 nitrogen and oxygen atoms in total. The van der Waals surface area contributed by atoms with Crippen LogP contribution in [0.2, 0.25) is 0 Å². The summed E-state index contributed by atoms with van der Waals surface area (Å²) in [4.78, 5) is 20.1. The van der Waals surface area contributed by atoms with Crippen LogP contribution in [0, 0.1) is 6.92 Å². The molecule has 0 aliphatic rings. The summed E-state index contributed by atoms with van der Waals surface area (Å²) in [5.41, 5.74) is 5.12. The molecule has 0 bridgehead atoms. The monoisotopic (exact) mass is 386 g/mol. The van der Waals surface area contributed by atoms with E-state index in [1.165, 1.54) is 6.92 Å². The van der Waals surface area contributed by atoms with Gasteiger partial charge in [-0.05, 0) is 53.9 Å². The largest absolute Gasteiger partial charge is 0.427 e. The second-order valence-electron chi connectivity index (χ2n) is 6.38. The van der Waals surface area contributed by atoms with E-state index in [1.807, 2.05) is 49.5 Å². The van der Waals surface area contributed by atoms with Gasteiger partial charge in [-0.25, -0.2) is 4.98 Å². The van der Waals surface area contributed by atoms with Crippen molar-refractivity contribution in [2.45, 2.75) is 13.8 Å².